The number of carbonyl (C=O) groups is 1. The van der Waals surface area contributed by atoms with Gasteiger partial charge in [-0.2, -0.15) is 0 Å². The van der Waals surface area contributed by atoms with Crippen molar-refractivity contribution in [2.45, 2.75) is 13.3 Å². The summed E-state index contributed by atoms with van der Waals surface area (Å²) in [6.07, 6.45) is 0.482. The molecular weight excluding hydrogens is 255 g/mol. The van der Waals surface area contributed by atoms with Gasteiger partial charge in [0.1, 0.15) is 5.82 Å². The van der Waals surface area contributed by atoms with E-state index in [0.717, 1.165) is 26.2 Å². The number of nitrogens with zero attached hydrogens (tertiary/aromatic N) is 1. The molecule has 108 valence electrons. The third-order valence-corrected chi connectivity index (χ3v) is 4.61. The quantitative estimate of drug-likeness (QED) is 0.911. The molecule has 2 fully saturated rings. The van der Waals surface area contributed by atoms with Crippen molar-refractivity contribution in [3.63, 3.8) is 0 Å². The minimum Gasteiger partial charge on any atom is -0.342 e. The fraction of sp³-hybridized carbons (Fsp3) is 0.562. The summed E-state index contributed by atoms with van der Waals surface area (Å²) < 4.78 is 13.6. The summed E-state index contributed by atoms with van der Waals surface area (Å²) in [6, 6.07) is 6.72. The zero-order chi connectivity index (χ0) is 14.1. The Morgan fingerprint density at radius 3 is 2.65 bits per heavy atom. The molecule has 1 aromatic carbocycles. The van der Waals surface area contributed by atoms with Crippen molar-refractivity contribution in [3.05, 3.63) is 35.6 Å². The largest absolute Gasteiger partial charge is 0.342 e. The van der Waals surface area contributed by atoms with Crippen molar-refractivity contribution in [1.82, 2.24) is 10.2 Å². The van der Waals surface area contributed by atoms with Crippen molar-refractivity contribution in [2.24, 2.45) is 17.8 Å². The minimum absolute atomic E-state index is 0.154. The van der Waals surface area contributed by atoms with E-state index in [4.69, 9.17) is 0 Å². The number of likely N-dealkylation sites (tertiary alicyclic amines) is 1. The van der Waals surface area contributed by atoms with Crippen LogP contribution in [0.5, 0.6) is 0 Å². The van der Waals surface area contributed by atoms with E-state index >= 15 is 0 Å². The number of fused-ring (bicyclic) bond motifs is 1. The maximum Gasteiger partial charge on any atom is 0.225 e. The van der Waals surface area contributed by atoms with Crippen molar-refractivity contribution >= 4 is 5.91 Å². The van der Waals surface area contributed by atoms with Gasteiger partial charge in [-0.1, -0.05) is 25.1 Å². The number of benzene rings is 1. The van der Waals surface area contributed by atoms with Crippen LogP contribution in [0, 0.1) is 23.6 Å². The summed E-state index contributed by atoms with van der Waals surface area (Å²) in [7, 11) is 0. The van der Waals surface area contributed by atoms with Gasteiger partial charge < -0.3 is 10.2 Å². The van der Waals surface area contributed by atoms with Crippen molar-refractivity contribution < 1.29 is 9.18 Å². The third kappa shape index (κ3) is 2.57. The van der Waals surface area contributed by atoms with Crippen LogP contribution >= 0.6 is 0 Å². The topological polar surface area (TPSA) is 32.3 Å². The number of halogens is 1. The molecule has 1 N–H and O–H groups in total. The van der Waals surface area contributed by atoms with E-state index in [2.05, 4.69) is 5.32 Å². The van der Waals surface area contributed by atoms with Crippen molar-refractivity contribution in [3.8, 4) is 0 Å². The van der Waals surface area contributed by atoms with E-state index < -0.39 is 0 Å². The van der Waals surface area contributed by atoms with Crippen LogP contribution in [0.15, 0.2) is 24.3 Å². The Kier molecular flexibility index (Phi) is 3.74. The molecule has 0 aromatic heterocycles. The Hall–Kier alpha value is -1.42. The van der Waals surface area contributed by atoms with Gasteiger partial charge >= 0.3 is 0 Å². The monoisotopic (exact) mass is 276 g/mol. The minimum atomic E-state index is -0.213. The highest BCUT2D eigenvalue weighted by Crippen LogP contribution is 2.28. The van der Waals surface area contributed by atoms with Gasteiger partial charge in [-0.25, -0.2) is 4.39 Å². The Morgan fingerprint density at radius 1 is 1.35 bits per heavy atom. The fourth-order valence-electron chi connectivity index (χ4n) is 3.43. The predicted molar refractivity (Wildman–Crippen MR) is 75.7 cm³/mol. The van der Waals surface area contributed by atoms with E-state index in [0.29, 0.717) is 23.8 Å². The highest BCUT2D eigenvalue weighted by Gasteiger charge is 2.38. The molecular formula is C16H21FN2O. The maximum absolute atomic E-state index is 13.6. The predicted octanol–water partition coefficient (Wildman–Crippen LogP) is 1.68. The van der Waals surface area contributed by atoms with Crippen LogP contribution in [0.1, 0.15) is 12.5 Å². The number of amides is 1. The molecule has 3 rings (SSSR count). The van der Waals surface area contributed by atoms with Crippen LogP contribution in [0.2, 0.25) is 0 Å². The lowest BCUT2D eigenvalue weighted by Crippen LogP contribution is -2.36. The molecule has 0 bridgehead atoms. The first kappa shape index (κ1) is 13.6. The molecule has 0 aliphatic carbocycles. The highest BCUT2D eigenvalue weighted by molar-refractivity contribution is 5.79. The van der Waals surface area contributed by atoms with Gasteiger partial charge in [0.25, 0.3) is 0 Å². The van der Waals surface area contributed by atoms with Gasteiger partial charge in [-0.3, -0.25) is 4.79 Å². The molecule has 1 aromatic rings. The number of rotatable bonds is 3. The first-order chi connectivity index (χ1) is 9.65. The lowest BCUT2D eigenvalue weighted by Gasteiger charge is -2.22. The van der Waals surface area contributed by atoms with Gasteiger partial charge in [-0.15, -0.1) is 0 Å². The molecule has 0 saturated carbocycles. The summed E-state index contributed by atoms with van der Waals surface area (Å²) in [5.41, 5.74) is 0.634. The average molecular weight is 276 g/mol. The van der Waals surface area contributed by atoms with E-state index in [1.54, 1.807) is 12.1 Å². The SMILES string of the molecule is CC(Cc1ccccc1F)C(=O)N1C[C@H]2CNC[C@H]2C1. The molecule has 0 radical (unpaired) electrons. The second-order valence-electron chi connectivity index (χ2n) is 6.12. The average Bonchev–Trinajstić information content (AvgIpc) is 3.01. The second kappa shape index (κ2) is 5.52. The third-order valence-electron chi connectivity index (χ3n) is 4.61. The van der Waals surface area contributed by atoms with E-state index in [1.807, 2.05) is 17.9 Å². The highest BCUT2D eigenvalue weighted by atomic mass is 19.1. The van der Waals surface area contributed by atoms with Gasteiger partial charge in [-0.05, 0) is 29.9 Å². The van der Waals surface area contributed by atoms with Crippen LogP contribution < -0.4 is 5.32 Å². The Labute approximate surface area is 119 Å². The Morgan fingerprint density at radius 2 is 2.00 bits per heavy atom. The summed E-state index contributed by atoms with van der Waals surface area (Å²) in [5, 5.41) is 3.37. The lowest BCUT2D eigenvalue weighted by molar-refractivity contribution is -0.134. The molecule has 3 atom stereocenters. The smallest absolute Gasteiger partial charge is 0.225 e. The summed E-state index contributed by atoms with van der Waals surface area (Å²) in [5.74, 6) is 1.02. The molecule has 2 aliphatic heterocycles. The molecule has 3 nitrogen and oxygen atoms in total. The summed E-state index contributed by atoms with van der Waals surface area (Å²) >= 11 is 0. The number of hydrogen-bond acceptors (Lipinski definition) is 2. The summed E-state index contributed by atoms with van der Waals surface area (Å²) in [6.45, 7) is 5.67. The van der Waals surface area contributed by atoms with Crippen LogP contribution in [-0.4, -0.2) is 37.0 Å². The number of nitrogens with one attached hydrogen (secondary N) is 1. The van der Waals surface area contributed by atoms with E-state index in [-0.39, 0.29) is 17.6 Å². The molecule has 0 spiro atoms. The van der Waals surface area contributed by atoms with Crippen LogP contribution in [-0.2, 0) is 11.2 Å². The van der Waals surface area contributed by atoms with Crippen LogP contribution in [0.3, 0.4) is 0 Å². The molecule has 2 heterocycles. The van der Waals surface area contributed by atoms with Crippen LogP contribution in [0.4, 0.5) is 4.39 Å². The first-order valence-corrected chi connectivity index (χ1v) is 7.38. The van der Waals surface area contributed by atoms with Gasteiger partial charge in [0.2, 0.25) is 5.91 Å². The lowest BCUT2D eigenvalue weighted by atomic mass is 9.99. The van der Waals surface area contributed by atoms with Gasteiger partial charge in [0.05, 0.1) is 0 Å². The Balaban J connectivity index is 1.61. The zero-order valence-electron chi connectivity index (χ0n) is 11.8. The molecule has 1 amide bonds. The summed E-state index contributed by atoms with van der Waals surface area (Å²) in [4.78, 5) is 14.4. The maximum atomic E-state index is 13.6. The molecule has 2 saturated heterocycles. The second-order valence-corrected chi connectivity index (χ2v) is 6.12. The fourth-order valence-corrected chi connectivity index (χ4v) is 3.43. The first-order valence-electron chi connectivity index (χ1n) is 7.38. The normalized spacial score (nSPS) is 26.6. The van der Waals surface area contributed by atoms with Crippen molar-refractivity contribution in [2.75, 3.05) is 26.2 Å². The molecule has 2 aliphatic rings. The number of hydrogen-bond donors (Lipinski definition) is 1. The van der Waals surface area contributed by atoms with E-state index in [1.165, 1.54) is 6.07 Å². The molecule has 4 heteroatoms. The van der Waals surface area contributed by atoms with Gasteiger partial charge in [0.15, 0.2) is 0 Å². The number of carbonyl (C=O) groups excluding carboxylic acids is 1. The Bertz CT molecular complexity index is 493. The molecule has 1 unspecified atom stereocenters. The van der Waals surface area contributed by atoms with Crippen LogP contribution in [0.25, 0.3) is 0 Å². The van der Waals surface area contributed by atoms with E-state index in [9.17, 15) is 9.18 Å². The molecule has 20 heavy (non-hydrogen) atoms. The standard InChI is InChI=1S/C16H21FN2O/c1-11(6-12-4-2-3-5-15(12)17)16(20)19-9-13-7-18-8-14(13)10-19/h2-5,11,13-14,18H,6-10H2,1H3/t11?,13-,14+. The zero-order valence-corrected chi connectivity index (χ0v) is 11.8. The van der Waals surface area contributed by atoms with Gasteiger partial charge in [0, 0.05) is 32.1 Å². The van der Waals surface area contributed by atoms with Crippen molar-refractivity contribution in [1.29, 1.82) is 0 Å².